The molecule has 2 aliphatic rings. The fourth-order valence-electron chi connectivity index (χ4n) is 4.96. The van der Waals surface area contributed by atoms with Crippen molar-refractivity contribution in [2.45, 2.75) is 38.1 Å². The van der Waals surface area contributed by atoms with Gasteiger partial charge in [0.2, 0.25) is 9.84 Å². The van der Waals surface area contributed by atoms with E-state index in [1.807, 2.05) is 18.7 Å². The minimum absolute atomic E-state index is 0.0587. The lowest BCUT2D eigenvalue weighted by molar-refractivity contribution is 0.0887. The van der Waals surface area contributed by atoms with E-state index in [4.69, 9.17) is 15.5 Å². The van der Waals surface area contributed by atoms with E-state index in [1.54, 1.807) is 18.2 Å². The van der Waals surface area contributed by atoms with E-state index in [9.17, 15) is 17.6 Å². The Morgan fingerprint density at radius 1 is 1.13 bits per heavy atom. The van der Waals surface area contributed by atoms with E-state index in [0.29, 0.717) is 29.4 Å². The summed E-state index contributed by atoms with van der Waals surface area (Å²) in [5.41, 5.74) is 7.08. The lowest BCUT2D eigenvalue weighted by atomic mass is 9.63. The summed E-state index contributed by atoms with van der Waals surface area (Å²) in [4.78, 5) is 24.0. The smallest absolute Gasteiger partial charge is 0.203 e. The number of hydrogen-bond acceptors (Lipinski definition) is 8. The lowest BCUT2D eigenvalue weighted by Crippen LogP contribution is -2.60. The van der Waals surface area contributed by atoms with Crippen molar-refractivity contribution in [3.05, 3.63) is 59.9 Å². The molecule has 3 aromatic rings. The zero-order valence-corrected chi connectivity index (χ0v) is 22.3. The molecule has 1 aromatic carbocycles. The number of rotatable bonds is 9. The molecule has 38 heavy (non-hydrogen) atoms. The number of anilines is 2. The molecule has 1 saturated carbocycles. The van der Waals surface area contributed by atoms with Gasteiger partial charge in [-0.15, -0.1) is 0 Å². The van der Waals surface area contributed by atoms with Gasteiger partial charge in [-0.2, -0.15) is 0 Å². The molecule has 2 N–H and O–H groups in total. The standard InChI is InChI=1S/C28H31FN4O4S/c1-18(2)14-37-21-12-19(11-20(29)13-21)23-8-7-22(27(31-23)33-16-28(17-33)9-4-10-28)24(34)15-38(35,36)26-6-3-5-25(30)32-26/h3,5-8,11-13,18H,4,9-10,14-17H2,1-2H3,(H2,30,32). The quantitative estimate of drug-likeness (QED) is 0.395. The van der Waals surface area contributed by atoms with Crippen molar-refractivity contribution in [1.82, 2.24) is 9.97 Å². The Kier molecular flexibility index (Phi) is 6.85. The van der Waals surface area contributed by atoms with E-state index in [2.05, 4.69) is 4.98 Å². The van der Waals surface area contributed by atoms with Gasteiger partial charge in [-0.3, -0.25) is 4.79 Å². The van der Waals surface area contributed by atoms with Crippen LogP contribution in [0.25, 0.3) is 11.3 Å². The van der Waals surface area contributed by atoms with Gasteiger partial charge >= 0.3 is 0 Å². The monoisotopic (exact) mass is 538 g/mol. The number of ketones is 1. The molecule has 1 aliphatic heterocycles. The molecule has 2 aromatic heterocycles. The molecule has 0 amide bonds. The van der Waals surface area contributed by atoms with Gasteiger partial charge in [0.15, 0.2) is 10.8 Å². The summed E-state index contributed by atoms with van der Waals surface area (Å²) in [5.74, 6) is -0.654. The highest BCUT2D eigenvalue weighted by molar-refractivity contribution is 7.92. The van der Waals surface area contributed by atoms with E-state index < -0.39 is 27.2 Å². The second-order valence-corrected chi connectivity index (χ2v) is 12.7. The van der Waals surface area contributed by atoms with Gasteiger partial charge in [0.05, 0.1) is 17.9 Å². The third kappa shape index (κ3) is 5.36. The van der Waals surface area contributed by atoms with Crippen molar-refractivity contribution in [3.8, 4) is 17.0 Å². The predicted molar refractivity (Wildman–Crippen MR) is 143 cm³/mol. The molecule has 8 nitrogen and oxygen atoms in total. The van der Waals surface area contributed by atoms with Crippen molar-refractivity contribution >= 4 is 27.3 Å². The van der Waals surface area contributed by atoms with Crippen molar-refractivity contribution in [1.29, 1.82) is 0 Å². The molecule has 1 spiro atoms. The Morgan fingerprint density at radius 2 is 1.89 bits per heavy atom. The molecule has 0 unspecified atom stereocenters. The minimum atomic E-state index is -4.02. The molecule has 1 aliphatic carbocycles. The van der Waals surface area contributed by atoms with Crippen LogP contribution in [0.3, 0.4) is 0 Å². The number of sulfone groups is 1. The van der Waals surface area contributed by atoms with Crippen LogP contribution in [0.1, 0.15) is 43.5 Å². The van der Waals surface area contributed by atoms with Crippen LogP contribution in [0.4, 0.5) is 16.0 Å². The number of halogens is 1. The highest BCUT2D eigenvalue weighted by Gasteiger charge is 2.48. The van der Waals surface area contributed by atoms with Gasteiger partial charge in [-0.25, -0.2) is 22.8 Å². The van der Waals surface area contributed by atoms with Crippen molar-refractivity contribution < 1.29 is 22.3 Å². The average molecular weight is 539 g/mol. The number of benzene rings is 1. The van der Waals surface area contributed by atoms with Crippen LogP contribution in [0.15, 0.2) is 53.6 Å². The van der Waals surface area contributed by atoms with Crippen molar-refractivity contribution in [3.63, 3.8) is 0 Å². The Balaban J connectivity index is 1.47. The molecule has 200 valence electrons. The zero-order chi connectivity index (χ0) is 27.1. The minimum Gasteiger partial charge on any atom is -0.493 e. The SMILES string of the molecule is CC(C)COc1cc(F)cc(-c2ccc(C(=O)CS(=O)(=O)c3cccc(N)n3)c(N3CC4(CCC4)C3)n2)c1. The largest absolute Gasteiger partial charge is 0.493 e. The molecule has 1 saturated heterocycles. The first-order valence-corrected chi connectivity index (χ1v) is 14.4. The van der Waals surface area contributed by atoms with E-state index >= 15 is 0 Å². The summed E-state index contributed by atoms with van der Waals surface area (Å²) in [5, 5.41) is -0.247. The summed E-state index contributed by atoms with van der Waals surface area (Å²) in [6.07, 6.45) is 3.44. The predicted octanol–water partition coefficient (Wildman–Crippen LogP) is 4.55. The van der Waals surface area contributed by atoms with Crippen LogP contribution in [-0.2, 0) is 9.84 Å². The topological polar surface area (TPSA) is 115 Å². The van der Waals surface area contributed by atoms with E-state index in [1.165, 1.54) is 36.8 Å². The third-order valence-electron chi connectivity index (χ3n) is 7.08. The van der Waals surface area contributed by atoms with Crippen molar-refractivity contribution in [2.75, 3.05) is 36.1 Å². The maximum atomic E-state index is 14.5. The van der Waals surface area contributed by atoms with Crippen LogP contribution in [0.2, 0.25) is 0 Å². The Morgan fingerprint density at radius 3 is 2.55 bits per heavy atom. The molecule has 0 bridgehead atoms. The van der Waals surface area contributed by atoms with Gasteiger partial charge in [0.25, 0.3) is 0 Å². The fraction of sp³-hybridized carbons (Fsp3) is 0.393. The lowest BCUT2D eigenvalue weighted by Gasteiger charge is -2.56. The first-order valence-electron chi connectivity index (χ1n) is 12.7. The van der Waals surface area contributed by atoms with Crippen LogP contribution in [0, 0.1) is 17.2 Å². The van der Waals surface area contributed by atoms with E-state index in [-0.39, 0.29) is 27.7 Å². The fourth-order valence-corrected chi connectivity index (χ4v) is 6.14. The second-order valence-electron chi connectivity index (χ2n) is 10.7. The summed E-state index contributed by atoms with van der Waals surface area (Å²) in [7, 11) is -4.02. The number of aromatic nitrogens is 2. The number of nitrogens with zero attached hydrogens (tertiary/aromatic N) is 3. The number of Topliss-reactive ketones (excluding diaryl/α,β-unsaturated/α-hetero) is 1. The number of ether oxygens (including phenoxy) is 1. The van der Waals surface area contributed by atoms with Crippen LogP contribution in [0.5, 0.6) is 5.75 Å². The Labute approximate surface area is 222 Å². The Hall–Kier alpha value is -3.53. The molecule has 2 fully saturated rings. The van der Waals surface area contributed by atoms with E-state index in [0.717, 1.165) is 25.9 Å². The Bertz CT molecular complexity index is 1480. The highest BCUT2D eigenvalue weighted by atomic mass is 32.2. The molecule has 0 atom stereocenters. The first-order chi connectivity index (χ1) is 18.0. The molecular formula is C28H31FN4O4S. The number of carbonyl (C=O) groups excluding carboxylic acids is 1. The molecule has 3 heterocycles. The van der Waals surface area contributed by atoms with Gasteiger partial charge in [-0.1, -0.05) is 26.3 Å². The van der Waals surface area contributed by atoms with Gasteiger partial charge < -0.3 is 15.4 Å². The van der Waals surface area contributed by atoms with Crippen LogP contribution >= 0.6 is 0 Å². The summed E-state index contributed by atoms with van der Waals surface area (Å²) < 4.78 is 46.1. The zero-order valence-electron chi connectivity index (χ0n) is 21.5. The molecular weight excluding hydrogens is 507 g/mol. The first kappa shape index (κ1) is 26.1. The van der Waals surface area contributed by atoms with Gasteiger partial charge in [-0.05, 0) is 55.2 Å². The molecule has 0 radical (unpaired) electrons. The number of carbonyl (C=O) groups is 1. The van der Waals surface area contributed by atoms with Crippen LogP contribution in [-0.4, -0.2) is 49.6 Å². The summed E-state index contributed by atoms with van der Waals surface area (Å²) in [6, 6.07) is 11.9. The molecule has 5 rings (SSSR count). The summed E-state index contributed by atoms with van der Waals surface area (Å²) >= 11 is 0. The van der Waals surface area contributed by atoms with Crippen molar-refractivity contribution in [2.24, 2.45) is 11.3 Å². The number of hydrogen-bond donors (Lipinski definition) is 1. The third-order valence-corrected chi connectivity index (χ3v) is 8.58. The van der Waals surface area contributed by atoms with Gasteiger partial charge in [0, 0.05) is 30.1 Å². The molecule has 10 heteroatoms. The van der Waals surface area contributed by atoms with Crippen LogP contribution < -0.4 is 15.4 Å². The van der Waals surface area contributed by atoms with Gasteiger partial charge in [0.1, 0.15) is 29.0 Å². The highest BCUT2D eigenvalue weighted by Crippen LogP contribution is 2.49. The number of nitrogen functional groups attached to an aromatic ring is 1. The maximum absolute atomic E-state index is 14.5. The summed E-state index contributed by atoms with van der Waals surface area (Å²) in [6.45, 7) is 5.96. The average Bonchev–Trinajstić information content (AvgIpc) is 2.80. The maximum Gasteiger partial charge on any atom is 0.203 e. The second kappa shape index (κ2) is 9.98. The number of nitrogens with two attached hydrogens (primary N) is 1. The number of pyridine rings is 2. The normalized spacial score (nSPS) is 16.3.